The number of alkyl halides is 1. The van der Waals surface area contributed by atoms with Crippen molar-refractivity contribution in [3.63, 3.8) is 0 Å². The van der Waals surface area contributed by atoms with Gasteiger partial charge in [0.05, 0.1) is 0 Å². The summed E-state index contributed by atoms with van der Waals surface area (Å²) in [7, 11) is 0. The standard InChI is InChI=1S/C7H9BrO/c8-6-2-1-4-5(6)3-7(4)9/h4-6H,1-3H2. The van der Waals surface area contributed by atoms with Crippen LogP contribution in [0.2, 0.25) is 0 Å². The summed E-state index contributed by atoms with van der Waals surface area (Å²) in [6.45, 7) is 0. The van der Waals surface area contributed by atoms with Gasteiger partial charge in [-0.3, -0.25) is 4.79 Å². The molecule has 0 aliphatic heterocycles. The van der Waals surface area contributed by atoms with Gasteiger partial charge in [0.1, 0.15) is 5.78 Å². The van der Waals surface area contributed by atoms with Crippen molar-refractivity contribution in [1.29, 1.82) is 0 Å². The fourth-order valence-corrected chi connectivity index (χ4v) is 2.73. The first-order valence-corrected chi connectivity index (χ1v) is 4.37. The average Bonchev–Trinajstić information content (AvgIpc) is 2.07. The molecule has 9 heavy (non-hydrogen) atoms. The quantitative estimate of drug-likeness (QED) is 0.530. The Morgan fingerprint density at radius 2 is 2.22 bits per heavy atom. The number of Topliss-reactive ketones (excluding diaryl/α,β-unsaturated/α-hetero) is 1. The van der Waals surface area contributed by atoms with Gasteiger partial charge in [-0.05, 0) is 18.8 Å². The summed E-state index contributed by atoms with van der Waals surface area (Å²) < 4.78 is 0. The van der Waals surface area contributed by atoms with Gasteiger partial charge in [-0.15, -0.1) is 0 Å². The third-order valence-electron chi connectivity index (χ3n) is 2.59. The summed E-state index contributed by atoms with van der Waals surface area (Å²) in [5.74, 6) is 1.66. The Hall–Kier alpha value is 0.150. The molecule has 0 amide bonds. The van der Waals surface area contributed by atoms with Gasteiger partial charge in [0.2, 0.25) is 0 Å². The van der Waals surface area contributed by atoms with E-state index in [4.69, 9.17) is 0 Å². The molecule has 2 rings (SSSR count). The fraction of sp³-hybridized carbons (Fsp3) is 0.857. The van der Waals surface area contributed by atoms with Gasteiger partial charge in [-0.2, -0.15) is 0 Å². The van der Waals surface area contributed by atoms with Crippen molar-refractivity contribution in [3.8, 4) is 0 Å². The third kappa shape index (κ3) is 0.689. The van der Waals surface area contributed by atoms with Crippen LogP contribution >= 0.6 is 15.9 Å². The number of fused-ring (bicyclic) bond motifs is 1. The minimum absolute atomic E-state index is 0.453. The normalized spacial score (nSPS) is 48.6. The van der Waals surface area contributed by atoms with Gasteiger partial charge >= 0.3 is 0 Å². The molecule has 0 saturated heterocycles. The van der Waals surface area contributed by atoms with Crippen LogP contribution in [-0.4, -0.2) is 10.6 Å². The Bertz CT molecular complexity index is 155. The molecule has 0 radical (unpaired) electrons. The molecular formula is C7H9BrO. The van der Waals surface area contributed by atoms with Crippen LogP contribution in [0, 0.1) is 11.8 Å². The Morgan fingerprint density at radius 1 is 1.44 bits per heavy atom. The predicted octanol–water partition coefficient (Wildman–Crippen LogP) is 1.75. The van der Waals surface area contributed by atoms with Gasteiger partial charge in [0.15, 0.2) is 0 Å². The molecular weight excluding hydrogens is 180 g/mol. The van der Waals surface area contributed by atoms with Crippen molar-refractivity contribution in [1.82, 2.24) is 0 Å². The molecule has 3 atom stereocenters. The number of hydrogen-bond acceptors (Lipinski definition) is 1. The first-order valence-electron chi connectivity index (χ1n) is 3.46. The lowest BCUT2D eigenvalue weighted by Crippen LogP contribution is -2.35. The zero-order valence-corrected chi connectivity index (χ0v) is 6.73. The fourth-order valence-electron chi connectivity index (χ4n) is 1.91. The van der Waals surface area contributed by atoms with Crippen LogP contribution in [0.5, 0.6) is 0 Å². The summed E-state index contributed by atoms with van der Waals surface area (Å²) in [5.41, 5.74) is 0. The Balaban J connectivity index is 2.11. The molecule has 0 aromatic rings. The zero-order valence-electron chi connectivity index (χ0n) is 5.14. The number of rotatable bonds is 0. The van der Waals surface area contributed by atoms with E-state index >= 15 is 0 Å². The molecule has 0 spiro atoms. The largest absolute Gasteiger partial charge is 0.299 e. The average molecular weight is 189 g/mol. The van der Waals surface area contributed by atoms with Gasteiger partial charge < -0.3 is 0 Å². The van der Waals surface area contributed by atoms with Crippen LogP contribution in [0.4, 0.5) is 0 Å². The highest BCUT2D eigenvalue weighted by atomic mass is 79.9. The minimum atomic E-state index is 0.453. The third-order valence-corrected chi connectivity index (χ3v) is 3.72. The van der Waals surface area contributed by atoms with Crippen LogP contribution in [-0.2, 0) is 4.79 Å². The van der Waals surface area contributed by atoms with Gasteiger partial charge in [-0.1, -0.05) is 15.9 Å². The molecule has 2 aliphatic carbocycles. The molecule has 0 heterocycles. The Labute approximate surface area is 62.9 Å². The van der Waals surface area contributed by atoms with E-state index in [1.54, 1.807) is 0 Å². The minimum Gasteiger partial charge on any atom is -0.299 e. The topological polar surface area (TPSA) is 17.1 Å². The van der Waals surface area contributed by atoms with E-state index in [1.807, 2.05) is 0 Å². The van der Waals surface area contributed by atoms with Crippen molar-refractivity contribution in [2.75, 3.05) is 0 Å². The van der Waals surface area contributed by atoms with Crippen molar-refractivity contribution >= 4 is 21.7 Å². The molecule has 3 unspecified atom stereocenters. The summed E-state index contributed by atoms with van der Waals surface area (Å²) in [4.78, 5) is 11.5. The summed E-state index contributed by atoms with van der Waals surface area (Å²) in [6.07, 6.45) is 3.20. The Morgan fingerprint density at radius 3 is 2.67 bits per heavy atom. The molecule has 50 valence electrons. The number of halogens is 1. The maximum Gasteiger partial charge on any atom is 0.136 e. The lowest BCUT2D eigenvalue weighted by molar-refractivity contribution is -0.132. The van der Waals surface area contributed by atoms with Gasteiger partial charge in [0.25, 0.3) is 0 Å². The van der Waals surface area contributed by atoms with Gasteiger partial charge in [0, 0.05) is 17.2 Å². The highest BCUT2D eigenvalue weighted by Gasteiger charge is 2.47. The van der Waals surface area contributed by atoms with E-state index in [0.29, 0.717) is 22.4 Å². The molecule has 2 saturated carbocycles. The maximum absolute atomic E-state index is 10.8. The van der Waals surface area contributed by atoms with Crippen LogP contribution in [0.1, 0.15) is 19.3 Å². The van der Waals surface area contributed by atoms with Crippen LogP contribution in [0.3, 0.4) is 0 Å². The van der Waals surface area contributed by atoms with Crippen molar-refractivity contribution < 1.29 is 4.79 Å². The van der Waals surface area contributed by atoms with Crippen molar-refractivity contribution in [3.05, 3.63) is 0 Å². The number of carbonyl (C=O) groups is 1. The van der Waals surface area contributed by atoms with E-state index in [0.717, 1.165) is 12.8 Å². The molecule has 2 fully saturated rings. The number of ketones is 1. The number of hydrogen-bond donors (Lipinski definition) is 0. The van der Waals surface area contributed by atoms with Crippen molar-refractivity contribution in [2.24, 2.45) is 11.8 Å². The van der Waals surface area contributed by atoms with Crippen LogP contribution < -0.4 is 0 Å². The first kappa shape index (κ1) is 5.90. The van der Waals surface area contributed by atoms with E-state index in [9.17, 15) is 4.79 Å². The Kier molecular flexibility index (Phi) is 1.19. The smallest absolute Gasteiger partial charge is 0.136 e. The molecule has 2 heteroatoms. The maximum atomic E-state index is 10.8. The van der Waals surface area contributed by atoms with Crippen LogP contribution in [0.25, 0.3) is 0 Å². The number of carbonyl (C=O) groups excluding carboxylic acids is 1. The molecule has 0 N–H and O–H groups in total. The molecule has 0 aromatic heterocycles. The van der Waals surface area contributed by atoms with Gasteiger partial charge in [-0.25, -0.2) is 0 Å². The molecule has 2 aliphatic rings. The highest BCUT2D eigenvalue weighted by Crippen LogP contribution is 2.47. The monoisotopic (exact) mass is 188 g/mol. The van der Waals surface area contributed by atoms with Crippen molar-refractivity contribution in [2.45, 2.75) is 24.1 Å². The molecule has 0 bridgehead atoms. The summed E-state index contributed by atoms with van der Waals surface area (Å²) >= 11 is 3.57. The second-order valence-electron chi connectivity index (χ2n) is 3.03. The van der Waals surface area contributed by atoms with E-state index in [1.165, 1.54) is 6.42 Å². The SMILES string of the molecule is O=C1CC2C(Br)CCC12. The second-order valence-corrected chi connectivity index (χ2v) is 4.21. The highest BCUT2D eigenvalue weighted by molar-refractivity contribution is 9.09. The lowest BCUT2D eigenvalue weighted by atomic mass is 9.75. The van der Waals surface area contributed by atoms with E-state index in [2.05, 4.69) is 15.9 Å². The summed E-state index contributed by atoms with van der Waals surface area (Å²) in [5, 5.41) is 0. The van der Waals surface area contributed by atoms with Crippen LogP contribution in [0.15, 0.2) is 0 Å². The van der Waals surface area contributed by atoms with E-state index < -0.39 is 0 Å². The zero-order chi connectivity index (χ0) is 6.43. The predicted molar refractivity (Wildman–Crippen MR) is 38.6 cm³/mol. The lowest BCUT2D eigenvalue weighted by Gasteiger charge is -2.30. The first-order chi connectivity index (χ1) is 4.29. The second kappa shape index (κ2) is 1.82. The van der Waals surface area contributed by atoms with E-state index in [-0.39, 0.29) is 0 Å². The summed E-state index contributed by atoms with van der Waals surface area (Å²) in [6, 6.07) is 0. The molecule has 0 aromatic carbocycles. The molecule has 1 nitrogen and oxygen atoms in total.